The Morgan fingerprint density at radius 2 is 1.39 bits per heavy atom. The van der Waals surface area contributed by atoms with E-state index in [0.29, 0.717) is 0 Å². The monoisotopic (exact) mass is 240 g/mol. The second-order valence-corrected chi connectivity index (χ2v) is 4.44. The summed E-state index contributed by atoms with van der Waals surface area (Å²) < 4.78 is 0. The standard InChI is InChI=1S/C15H12O3/c16-14(15(17)18)13-11-7-3-1-5-9(11)10-6-2-4-8-12(10)13/h1-8,13-14,16H,(H,17,18). The molecule has 0 heterocycles. The molecule has 18 heavy (non-hydrogen) atoms. The Bertz CT molecular complexity index is 573. The molecular formula is C15H12O3. The predicted octanol–water partition coefficient (Wildman–Crippen LogP) is 2.24. The summed E-state index contributed by atoms with van der Waals surface area (Å²) in [5.74, 6) is -1.67. The first kappa shape index (κ1) is 11.0. The van der Waals surface area contributed by atoms with Crippen LogP contribution in [0, 0.1) is 0 Å². The quantitative estimate of drug-likeness (QED) is 0.846. The highest BCUT2D eigenvalue weighted by Crippen LogP contribution is 2.45. The largest absolute Gasteiger partial charge is 0.479 e. The van der Waals surface area contributed by atoms with Gasteiger partial charge in [0.2, 0.25) is 0 Å². The molecule has 3 heteroatoms. The molecule has 1 aliphatic carbocycles. The van der Waals surface area contributed by atoms with Crippen LogP contribution in [0.1, 0.15) is 17.0 Å². The Morgan fingerprint density at radius 1 is 0.944 bits per heavy atom. The van der Waals surface area contributed by atoms with Gasteiger partial charge in [0.05, 0.1) is 0 Å². The van der Waals surface area contributed by atoms with Gasteiger partial charge in [-0.3, -0.25) is 0 Å². The van der Waals surface area contributed by atoms with E-state index >= 15 is 0 Å². The van der Waals surface area contributed by atoms with Crippen molar-refractivity contribution in [3.63, 3.8) is 0 Å². The zero-order valence-electron chi connectivity index (χ0n) is 9.58. The lowest BCUT2D eigenvalue weighted by Crippen LogP contribution is -2.27. The third-order valence-corrected chi connectivity index (χ3v) is 3.45. The Hall–Kier alpha value is -2.13. The van der Waals surface area contributed by atoms with Gasteiger partial charge in [-0.05, 0) is 22.3 Å². The number of hydrogen-bond acceptors (Lipinski definition) is 2. The van der Waals surface area contributed by atoms with Crippen molar-refractivity contribution >= 4 is 5.97 Å². The SMILES string of the molecule is O=C(O)C(O)C1c2ccccc2-c2ccccc21. The third kappa shape index (κ3) is 1.45. The number of carboxylic acid groups (broad SMARTS) is 1. The predicted molar refractivity (Wildman–Crippen MR) is 67.4 cm³/mol. The molecule has 0 bridgehead atoms. The smallest absolute Gasteiger partial charge is 0.333 e. The van der Waals surface area contributed by atoms with Gasteiger partial charge in [-0.25, -0.2) is 4.79 Å². The van der Waals surface area contributed by atoms with Gasteiger partial charge in [0.15, 0.2) is 6.10 Å². The highest BCUT2D eigenvalue weighted by Gasteiger charge is 2.36. The number of aliphatic hydroxyl groups is 1. The van der Waals surface area contributed by atoms with E-state index in [-0.39, 0.29) is 0 Å². The maximum Gasteiger partial charge on any atom is 0.333 e. The Balaban J connectivity index is 2.24. The van der Waals surface area contributed by atoms with Gasteiger partial charge in [-0.1, -0.05) is 48.5 Å². The number of aliphatic carboxylic acids is 1. The summed E-state index contributed by atoms with van der Waals surface area (Å²) in [6.45, 7) is 0. The molecule has 2 N–H and O–H groups in total. The molecule has 0 spiro atoms. The van der Waals surface area contributed by atoms with Crippen LogP contribution in [-0.4, -0.2) is 22.3 Å². The van der Waals surface area contributed by atoms with E-state index in [1.165, 1.54) is 0 Å². The van der Waals surface area contributed by atoms with Gasteiger partial charge in [0.1, 0.15) is 0 Å². The zero-order chi connectivity index (χ0) is 12.7. The maximum atomic E-state index is 11.1. The molecule has 0 amide bonds. The zero-order valence-corrected chi connectivity index (χ0v) is 9.58. The lowest BCUT2D eigenvalue weighted by Gasteiger charge is -2.16. The molecule has 90 valence electrons. The minimum absolute atomic E-state index is 0.477. The number of benzene rings is 2. The molecule has 2 aromatic carbocycles. The normalized spacial score (nSPS) is 14.9. The van der Waals surface area contributed by atoms with Crippen LogP contribution < -0.4 is 0 Å². The molecule has 0 fully saturated rings. The fourth-order valence-corrected chi connectivity index (χ4v) is 2.68. The average molecular weight is 240 g/mol. The lowest BCUT2D eigenvalue weighted by atomic mass is 9.91. The Morgan fingerprint density at radius 3 is 1.83 bits per heavy atom. The third-order valence-electron chi connectivity index (χ3n) is 3.45. The topological polar surface area (TPSA) is 57.5 Å². The van der Waals surface area contributed by atoms with Crippen molar-refractivity contribution in [3.05, 3.63) is 59.7 Å². The highest BCUT2D eigenvalue weighted by molar-refractivity contribution is 5.83. The van der Waals surface area contributed by atoms with E-state index in [1.807, 2.05) is 48.5 Å². The van der Waals surface area contributed by atoms with E-state index in [0.717, 1.165) is 22.3 Å². The van der Waals surface area contributed by atoms with Crippen LogP contribution in [0.5, 0.6) is 0 Å². The summed E-state index contributed by atoms with van der Waals surface area (Å²) >= 11 is 0. The van der Waals surface area contributed by atoms with E-state index in [2.05, 4.69) is 0 Å². The van der Waals surface area contributed by atoms with Crippen molar-refractivity contribution < 1.29 is 15.0 Å². The number of rotatable bonds is 2. The van der Waals surface area contributed by atoms with Crippen molar-refractivity contribution in [2.24, 2.45) is 0 Å². The summed E-state index contributed by atoms with van der Waals surface area (Å²) in [6, 6.07) is 15.3. The second-order valence-electron chi connectivity index (χ2n) is 4.44. The fourth-order valence-electron chi connectivity index (χ4n) is 2.68. The number of hydrogen-bond donors (Lipinski definition) is 2. The van der Waals surface area contributed by atoms with Crippen molar-refractivity contribution in [2.75, 3.05) is 0 Å². The van der Waals surface area contributed by atoms with Gasteiger partial charge >= 0.3 is 5.97 Å². The molecule has 0 saturated carbocycles. The van der Waals surface area contributed by atoms with Crippen LogP contribution in [0.2, 0.25) is 0 Å². The highest BCUT2D eigenvalue weighted by atomic mass is 16.4. The molecule has 2 aromatic rings. The maximum absolute atomic E-state index is 11.1. The van der Waals surface area contributed by atoms with Crippen molar-refractivity contribution in [1.82, 2.24) is 0 Å². The molecular weight excluding hydrogens is 228 g/mol. The molecule has 0 aliphatic heterocycles. The average Bonchev–Trinajstić information content (AvgIpc) is 2.72. The van der Waals surface area contributed by atoms with Crippen LogP contribution in [-0.2, 0) is 4.79 Å². The van der Waals surface area contributed by atoms with E-state index in [1.54, 1.807) is 0 Å². The number of carbonyl (C=O) groups is 1. The van der Waals surface area contributed by atoms with Crippen molar-refractivity contribution in [3.8, 4) is 11.1 Å². The summed E-state index contributed by atoms with van der Waals surface area (Å²) in [5.41, 5.74) is 3.79. The summed E-state index contributed by atoms with van der Waals surface area (Å²) in [5, 5.41) is 19.0. The first-order chi connectivity index (χ1) is 8.70. The van der Waals surface area contributed by atoms with Crippen LogP contribution in [0.15, 0.2) is 48.5 Å². The minimum Gasteiger partial charge on any atom is -0.479 e. The number of fused-ring (bicyclic) bond motifs is 3. The number of aliphatic hydroxyl groups excluding tert-OH is 1. The number of carboxylic acids is 1. The molecule has 3 nitrogen and oxygen atoms in total. The first-order valence-electron chi connectivity index (χ1n) is 5.79. The van der Waals surface area contributed by atoms with Gasteiger partial charge in [0.25, 0.3) is 0 Å². The van der Waals surface area contributed by atoms with Crippen LogP contribution in [0.4, 0.5) is 0 Å². The van der Waals surface area contributed by atoms with Crippen LogP contribution in [0.25, 0.3) is 11.1 Å². The molecule has 0 radical (unpaired) electrons. The lowest BCUT2D eigenvalue weighted by molar-refractivity contribution is -0.147. The molecule has 1 atom stereocenters. The van der Waals surface area contributed by atoms with E-state index in [4.69, 9.17) is 5.11 Å². The van der Waals surface area contributed by atoms with Gasteiger partial charge in [-0.2, -0.15) is 0 Å². The molecule has 1 aliphatic rings. The Labute approximate surface area is 104 Å². The molecule has 0 aromatic heterocycles. The van der Waals surface area contributed by atoms with Gasteiger partial charge in [-0.15, -0.1) is 0 Å². The summed E-state index contributed by atoms with van der Waals surface area (Å²) in [6.07, 6.45) is -1.41. The van der Waals surface area contributed by atoms with Crippen molar-refractivity contribution in [1.29, 1.82) is 0 Å². The minimum atomic E-state index is -1.41. The first-order valence-corrected chi connectivity index (χ1v) is 5.79. The van der Waals surface area contributed by atoms with E-state index < -0.39 is 18.0 Å². The van der Waals surface area contributed by atoms with Gasteiger partial charge < -0.3 is 10.2 Å². The molecule has 1 unspecified atom stereocenters. The van der Waals surface area contributed by atoms with Crippen molar-refractivity contribution in [2.45, 2.75) is 12.0 Å². The fraction of sp³-hybridized carbons (Fsp3) is 0.133. The summed E-state index contributed by atoms with van der Waals surface area (Å²) in [4.78, 5) is 11.1. The van der Waals surface area contributed by atoms with Crippen LogP contribution in [0.3, 0.4) is 0 Å². The molecule has 0 saturated heterocycles. The van der Waals surface area contributed by atoms with Crippen LogP contribution >= 0.6 is 0 Å². The van der Waals surface area contributed by atoms with Gasteiger partial charge in [0, 0.05) is 5.92 Å². The molecule has 3 rings (SSSR count). The Kier molecular flexibility index (Phi) is 2.42. The van der Waals surface area contributed by atoms with E-state index in [9.17, 15) is 9.90 Å². The summed E-state index contributed by atoms with van der Waals surface area (Å²) in [7, 11) is 0. The second kappa shape index (κ2) is 3.96.